The van der Waals surface area contributed by atoms with Crippen molar-refractivity contribution in [3.05, 3.63) is 45.9 Å². The third kappa shape index (κ3) is 7.04. The predicted molar refractivity (Wildman–Crippen MR) is 112 cm³/mol. The first-order valence-electron chi connectivity index (χ1n) is 7.69. The summed E-state index contributed by atoms with van der Waals surface area (Å²) in [6, 6.07) is 8.01. The van der Waals surface area contributed by atoms with E-state index >= 15 is 0 Å². The first-order valence-corrected chi connectivity index (χ1v) is 8.57. The SMILES string of the molecule is CN=C(NCCCc1nc(C)cs1)NCc1ccc(OC)cc1.I. The minimum Gasteiger partial charge on any atom is -0.497 e. The molecule has 0 spiro atoms. The normalized spacial score (nSPS) is 10.9. The fraction of sp³-hybridized carbons (Fsp3) is 0.412. The van der Waals surface area contributed by atoms with E-state index in [0.717, 1.165) is 43.3 Å². The number of aryl methyl sites for hydroxylation is 2. The molecule has 2 aromatic rings. The molecule has 0 bridgehead atoms. The Morgan fingerprint density at radius 1 is 1.25 bits per heavy atom. The van der Waals surface area contributed by atoms with Crippen LogP contribution in [0.2, 0.25) is 0 Å². The zero-order valence-electron chi connectivity index (χ0n) is 14.3. The van der Waals surface area contributed by atoms with Gasteiger partial charge in [-0.25, -0.2) is 4.98 Å². The van der Waals surface area contributed by atoms with E-state index in [-0.39, 0.29) is 24.0 Å². The summed E-state index contributed by atoms with van der Waals surface area (Å²) in [5.41, 5.74) is 2.29. The van der Waals surface area contributed by atoms with Crippen LogP contribution in [0.25, 0.3) is 0 Å². The fourth-order valence-corrected chi connectivity index (χ4v) is 2.93. The van der Waals surface area contributed by atoms with Crippen LogP contribution in [-0.2, 0) is 13.0 Å². The lowest BCUT2D eigenvalue weighted by Crippen LogP contribution is -2.37. The molecule has 1 heterocycles. The zero-order valence-corrected chi connectivity index (χ0v) is 17.5. The Balaban J connectivity index is 0.00000288. The van der Waals surface area contributed by atoms with Crippen molar-refractivity contribution in [2.75, 3.05) is 20.7 Å². The molecule has 0 saturated heterocycles. The largest absolute Gasteiger partial charge is 0.497 e. The highest BCUT2D eigenvalue weighted by Crippen LogP contribution is 2.11. The van der Waals surface area contributed by atoms with E-state index in [1.54, 1.807) is 25.5 Å². The highest BCUT2D eigenvalue weighted by atomic mass is 127. The number of benzene rings is 1. The molecule has 7 heteroatoms. The van der Waals surface area contributed by atoms with E-state index < -0.39 is 0 Å². The van der Waals surface area contributed by atoms with Crippen LogP contribution in [0.3, 0.4) is 0 Å². The predicted octanol–water partition coefficient (Wildman–Crippen LogP) is 3.38. The van der Waals surface area contributed by atoms with Crippen LogP contribution < -0.4 is 15.4 Å². The maximum Gasteiger partial charge on any atom is 0.191 e. The monoisotopic (exact) mass is 460 g/mol. The van der Waals surface area contributed by atoms with Crippen molar-refractivity contribution in [2.45, 2.75) is 26.3 Å². The van der Waals surface area contributed by atoms with Crippen molar-refractivity contribution in [1.29, 1.82) is 0 Å². The number of thiazole rings is 1. The Kier molecular flexibility index (Phi) is 9.70. The second-order valence-electron chi connectivity index (χ2n) is 5.19. The van der Waals surface area contributed by atoms with Crippen LogP contribution in [0.5, 0.6) is 5.75 Å². The summed E-state index contributed by atoms with van der Waals surface area (Å²) >= 11 is 1.73. The van der Waals surface area contributed by atoms with Gasteiger partial charge in [0.1, 0.15) is 5.75 Å². The van der Waals surface area contributed by atoms with E-state index in [0.29, 0.717) is 0 Å². The minimum atomic E-state index is 0. The van der Waals surface area contributed by atoms with Crippen LogP contribution in [0.4, 0.5) is 0 Å². The second kappa shape index (κ2) is 11.2. The molecule has 0 amide bonds. The summed E-state index contributed by atoms with van der Waals surface area (Å²) in [7, 11) is 3.46. The van der Waals surface area contributed by atoms with Gasteiger partial charge < -0.3 is 15.4 Å². The number of aliphatic imine (C=N–C) groups is 1. The minimum absolute atomic E-state index is 0. The Hall–Kier alpha value is -1.35. The summed E-state index contributed by atoms with van der Waals surface area (Å²) in [5, 5.41) is 9.94. The van der Waals surface area contributed by atoms with Gasteiger partial charge in [-0.05, 0) is 31.0 Å². The molecule has 0 aliphatic carbocycles. The number of guanidine groups is 1. The molecule has 0 atom stereocenters. The molecule has 0 aliphatic heterocycles. The molecular formula is C17H25IN4OS. The van der Waals surface area contributed by atoms with Crippen LogP contribution in [0, 0.1) is 6.92 Å². The molecule has 2 N–H and O–H groups in total. The summed E-state index contributed by atoms with van der Waals surface area (Å²) in [4.78, 5) is 8.71. The van der Waals surface area contributed by atoms with Gasteiger partial charge in [0.15, 0.2) is 5.96 Å². The molecule has 5 nitrogen and oxygen atoms in total. The molecule has 24 heavy (non-hydrogen) atoms. The van der Waals surface area contributed by atoms with Crippen LogP contribution >= 0.6 is 35.3 Å². The average molecular weight is 460 g/mol. The van der Waals surface area contributed by atoms with Gasteiger partial charge in [-0.3, -0.25) is 4.99 Å². The Morgan fingerprint density at radius 3 is 2.58 bits per heavy atom. The van der Waals surface area contributed by atoms with Gasteiger partial charge in [-0.1, -0.05) is 12.1 Å². The van der Waals surface area contributed by atoms with E-state index in [1.807, 2.05) is 31.2 Å². The van der Waals surface area contributed by atoms with Gasteiger partial charge in [0, 0.05) is 37.6 Å². The lowest BCUT2D eigenvalue weighted by atomic mass is 10.2. The molecular weight excluding hydrogens is 435 g/mol. The number of aromatic nitrogens is 1. The number of nitrogens with one attached hydrogen (secondary N) is 2. The quantitative estimate of drug-likeness (QED) is 0.288. The third-order valence-electron chi connectivity index (χ3n) is 3.37. The van der Waals surface area contributed by atoms with Crippen molar-refractivity contribution in [3.8, 4) is 5.75 Å². The highest BCUT2D eigenvalue weighted by Gasteiger charge is 2.01. The van der Waals surface area contributed by atoms with E-state index in [4.69, 9.17) is 4.74 Å². The molecule has 1 aromatic carbocycles. The van der Waals surface area contributed by atoms with Crippen molar-refractivity contribution < 1.29 is 4.74 Å². The number of methoxy groups -OCH3 is 1. The molecule has 132 valence electrons. The second-order valence-corrected chi connectivity index (χ2v) is 6.13. The van der Waals surface area contributed by atoms with E-state index in [9.17, 15) is 0 Å². The van der Waals surface area contributed by atoms with Gasteiger partial charge in [-0.15, -0.1) is 35.3 Å². The lowest BCUT2D eigenvalue weighted by Gasteiger charge is -2.12. The summed E-state index contributed by atoms with van der Waals surface area (Å²) in [6.45, 7) is 3.64. The molecule has 0 saturated carbocycles. The smallest absolute Gasteiger partial charge is 0.191 e. The molecule has 0 fully saturated rings. The van der Waals surface area contributed by atoms with Crippen molar-refractivity contribution in [3.63, 3.8) is 0 Å². The first kappa shape index (κ1) is 20.7. The number of halogens is 1. The lowest BCUT2D eigenvalue weighted by molar-refractivity contribution is 0.414. The Morgan fingerprint density at radius 2 is 2.00 bits per heavy atom. The standard InChI is InChI=1S/C17H24N4OS.HI/c1-13-12-23-16(21-13)5-4-10-19-17(18-2)20-11-14-6-8-15(22-3)9-7-14;/h6-9,12H,4-5,10-11H2,1-3H3,(H2,18,19,20);1H. The zero-order chi connectivity index (χ0) is 16.5. The summed E-state index contributed by atoms with van der Waals surface area (Å²) in [5.74, 6) is 1.69. The average Bonchev–Trinajstić information content (AvgIpc) is 3.00. The number of nitrogens with zero attached hydrogens (tertiary/aromatic N) is 2. The maximum absolute atomic E-state index is 5.16. The van der Waals surface area contributed by atoms with Crippen LogP contribution in [0.15, 0.2) is 34.6 Å². The summed E-state index contributed by atoms with van der Waals surface area (Å²) < 4.78 is 5.16. The van der Waals surface area contributed by atoms with Crippen molar-refractivity contribution in [1.82, 2.24) is 15.6 Å². The van der Waals surface area contributed by atoms with Gasteiger partial charge in [0.05, 0.1) is 12.1 Å². The van der Waals surface area contributed by atoms with Crippen LogP contribution in [0.1, 0.15) is 22.7 Å². The number of hydrogen-bond donors (Lipinski definition) is 2. The number of hydrogen-bond acceptors (Lipinski definition) is 4. The number of ether oxygens (including phenoxy) is 1. The highest BCUT2D eigenvalue weighted by molar-refractivity contribution is 14.0. The molecule has 0 aliphatic rings. The van der Waals surface area contributed by atoms with Crippen molar-refractivity contribution >= 4 is 41.3 Å². The third-order valence-corrected chi connectivity index (χ3v) is 4.40. The number of rotatable bonds is 7. The van der Waals surface area contributed by atoms with Crippen LogP contribution in [-0.4, -0.2) is 31.6 Å². The van der Waals surface area contributed by atoms with Gasteiger partial charge in [-0.2, -0.15) is 0 Å². The maximum atomic E-state index is 5.16. The van der Waals surface area contributed by atoms with Crippen molar-refractivity contribution in [2.24, 2.45) is 4.99 Å². The topological polar surface area (TPSA) is 58.5 Å². The summed E-state index contributed by atoms with van der Waals surface area (Å²) in [6.07, 6.45) is 2.04. The van der Waals surface area contributed by atoms with E-state index in [2.05, 4.69) is 26.0 Å². The molecule has 1 aromatic heterocycles. The first-order chi connectivity index (χ1) is 11.2. The Bertz CT molecular complexity index is 628. The van der Waals surface area contributed by atoms with Gasteiger partial charge >= 0.3 is 0 Å². The fourth-order valence-electron chi connectivity index (χ4n) is 2.11. The van der Waals surface area contributed by atoms with Gasteiger partial charge in [0.25, 0.3) is 0 Å². The Labute approximate surface area is 165 Å². The van der Waals surface area contributed by atoms with E-state index in [1.165, 1.54) is 10.6 Å². The molecule has 0 radical (unpaired) electrons. The molecule has 2 rings (SSSR count). The molecule has 0 unspecified atom stereocenters. The van der Waals surface area contributed by atoms with Gasteiger partial charge in [0.2, 0.25) is 0 Å².